The maximum Gasteiger partial charge on any atom is 0.175 e. The van der Waals surface area contributed by atoms with Gasteiger partial charge in [0.2, 0.25) is 0 Å². The van der Waals surface area contributed by atoms with Crippen molar-refractivity contribution in [3.05, 3.63) is 85.8 Å². The fourth-order valence-corrected chi connectivity index (χ4v) is 3.83. The molecule has 0 atom stereocenters. The largest absolute Gasteiger partial charge is 0.493 e. The van der Waals surface area contributed by atoms with E-state index in [4.69, 9.17) is 9.47 Å². The van der Waals surface area contributed by atoms with Gasteiger partial charge in [0, 0.05) is 16.7 Å². The molecule has 28 heavy (non-hydrogen) atoms. The van der Waals surface area contributed by atoms with Crippen LogP contribution in [0.15, 0.2) is 63.5 Å². The first-order valence-corrected chi connectivity index (χ1v) is 10.6. The Morgan fingerprint density at radius 2 is 1.64 bits per heavy atom. The maximum atomic E-state index is 6.03. The number of hydrogen-bond donors (Lipinski definition) is 1. The lowest BCUT2D eigenvalue weighted by molar-refractivity contribution is 0.282. The molecule has 0 amide bonds. The first kappa shape index (κ1) is 20.7. The van der Waals surface area contributed by atoms with Crippen LogP contribution in [-0.4, -0.2) is 7.11 Å². The third-order valence-corrected chi connectivity index (χ3v) is 5.57. The van der Waals surface area contributed by atoms with E-state index in [1.165, 1.54) is 11.1 Å². The van der Waals surface area contributed by atoms with Crippen LogP contribution in [0.1, 0.15) is 22.3 Å². The fraction of sp³-hybridized carbons (Fsp3) is 0.217. The minimum absolute atomic E-state index is 0.475. The second-order valence-corrected chi connectivity index (χ2v) is 8.47. The van der Waals surface area contributed by atoms with Gasteiger partial charge in [0.05, 0.1) is 11.6 Å². The highest BCUT2D eigenvalue weighted by Crippen LogP contribution is 2.37. The highest BCUT2D eigenvalue weighted by molar-refractivity contribution is 9.10. The maximum absolute atomic E-state index is 6.03. The molecule has 0 aliphatic heterocycles. The average molecular weight is 505 g/mol. The molecule has 0 unspecified atom stereocenters. The van der Waals surface area contributed by atoms with E-state index in [1.807, 2.05) is 30.3 Å². The summed E-state index contributed by atoms with van der Waals surface area (Å²) >= 11 is 7.08. The number of benzene rings is 3. The molecule has 0 aliphatic rings. The molecular weight excluding hydrogens is 482 g/mol. The second kappa shape index (κ2) is 9.48. The molecule has 0 saturated heterocycles. The summed E-state index contributed by atoms with van der Waals surface area (Å²) in [6, 6.07) is 18.6. The third kappa shape index (κ3) is 5.30. The first-order chi connectivity index (χ1) is 13.5. The zero-order valence-corrected chi connectivity index (χ0v) is 19.4. The van der Waals surface area contributed by atoms with E-state index in [2.05, 4.69) is 75.3 Å². The van der Waals surface area contributed by atoms with E-state index in [0.29, 0.717) is 24.7 Å². The zero-order valence-electron chi connectivity index (χ0n) is 16.2. The Kier molecular flexibility index (Phi) is 7.03. The zero-order chi connectivity index (χ0) is 20.1. The van der Waals surface area contributed by atoms with E-state index in [0.717, 1.165) is 25.8 Å². The molecule has 3 rings (SSSR count). The fourth-order valence-electron chi connectivity index (χ4n) is 2.96. The van der Waals surface area contributed by atoms with Crippen LogP contribution in [0.3, 0.4) is 0 Å². The van der Waals surface area contributed by atoms with E-state index < -0.39 is 0 Å². The monoisotopic (exact) mass is 503 g/mol. The number of rotatable bonds is 7. The van der Waals surface area contributed by atoms with Crippen LogP contribution in [-0.2, 0) is 13.2 Å². The summed E-state index contributed by atoms with van der Waals surface area (Å²) in [6.07, 6.45) is 0. The van der Waals surface area contributed by atoms with Gasteiger partial charge < -0.3 is 14.8 Å². The summed E-state index contributed by atoms with van der Waals surface area (Å²) in [5.41, 5.74) is 5.84. The predicted molar refractivity (Wildman–Crippen MR) is 122 cm³/mol. The predicted octanol–water partition coefficient (Wildman–Crippen LogP) is 7.03. The van der Waals surface area contributed by atoms with Gasteiger partial charge in [-0.25, -0.2) is 0 Å². The van der Waals surface area contributed by atoms with Crippen molar-refractivity contribution in [3.63, 3.8) is 0 Å². The standard InChI is InChI=1S/C23H23Br2NO2/c1-15-4-9-21(16(2)10-15)26-13-18-11-20(25)23(22(12-18)27-3)28-14-17-5-7-19(24)8-6-17/h4-12,26H,13-14H2,1-3H3. The highest BCUT2D eigenvalue weighted by atomic mass is 79.9. The Morgan fingerprint density at radius 3 is 2.32 bits per heavy atom. The van der Waals surface area contributed by atoms with Crippen LogP contribution in [0.5, 0.6) is 11.5 Å². The molecule has 1 N–H and O–H groups in total. The molecule has 3 aromatic rings. The van der Waals surface area contributed by atoms with Crippen molar-refractivity contribution in [1.82, 2.24) is 0 Å². The molecule has 0 aliphatic carbocycles. The smallest absolute Gasteiger partial charge is 0.175 e. The molecule has 3 aromatic carbocycles. The topological polar surface area (TPSA) is 30.5 Å². The van der Waals surface area contributed by atoms with E-state index >= 15 is 0 Å². The number of anilines is 1. The Balaban J connectivity index is 1.72. The molecular formula is C23H23Br2NO2. The molecule has 3 nitrogen and oxygen atoms in total. The van der Waals surface area contributed by atoms with Gasteiger partial charge in [0.15, 0.2) is 11.5 Å². The summed E-state index contributed by atoms with van der Waals surface area (Å²) in [5.74, 6) is 1.42. The summed E-state index contributed by atoms with van der Waals surface area (Å²) < 4.78 is 13.5. The van der Waals surface area contributed by atoms with Crippen molar-refractivity contribution in [3.8, 4) is 11.5 Å². The summed E-state index contributed by atoms with van der Waals surface area (Å²) in [5, 5.41) is 3.50. The van der Waals surface area contributed by atoms with Gasteiger partial charge in [-0.1, -0.05) is 45.8 Å². The van der Waals surface area contributed by atoms with Gasteiger partial charge in [-0.15, -0.1) is 0 Å². The summed E-state index contributed by atoms with van der Waals surface area (Å²) in [6.45, 7) is 5.39. The molecule has 0 fully saturated rings. The lowest BCUT2D eigenvalue weighted by Crippen LogP contribution is -2.03. The van der Waals surface area contributed by atoms with Crippen LogP contribution in [0.25, 0.3) is 0 Å². The van der Waals surface area contributed by atoms with Gasteiger partial charge in [0.1, 0.15) is 6.61 Å². The normalized spacial score (nSPS) is 10.6. The minimum atomic E-state index is 0.475. The summed E-state index contributed by atoms with van der Waals surface area (Å²) in [4.78, 5) is 0. The number of aryl methyl sites for hydroxylation is 2. The van der Waals surface area contributed by atoms with Crippen molar-refractivity contribution in [2.75, 3.05) is 12.4 Å². The van der Waals surface area contributed by atoms with Crippen molar-refractivity contribution in [1.29, 1.82) is 0 Å². The molecule has 0 saturated carbocycles. The highest BCUT2D eigenvalue weighted by Gasteiger charge is 2.12. The summed E-state index contributed by atoms with van der Waals surface area (Å²) in [7, 11) is 1.66. The van der Waals surface area contributed by atoms with E-state index in [-0.39, 0.29) is 0 Å². The van der Waals surface area contributed by atoms with Crippen LogP contribution in [0.4, 0.5) is 5.69 Å². The lowest BCUT2D eigenvalue weighted by Gasteiger charge is -2.16. The molecule has 146 valence electrons. The lowest BCUT2D eigenvalue weighted by atomic mass is 10.1. The number of halogens is 2. The third-order valence-electron chi connectivity index (χ3n) is 4.45. The SMILES string of the molecule is COc1cc(CNc2ccc(C)cc2C)cc(Br)c1OCc1ccc(Br)cc1. The number of nitrogens with one attached hydrogen (secondary N) is 1. The van der Waals surface area contributed by atoms with E-state index in [9.17, 15) is 0 Å². The minimum Gasteiger partial charge on any atom is -0.493 e. The van der Waals surface area contributed by atoms with Gasteiger partial charge in [0.25, 0.3) is 0 Å². The van der Waals surface area contributed by atoms with Gasteiger partial charge in [-0.05, 0) is 76.8 Å². The van der Waals surface area contributed by atoms with Crippen LogP contribution >= 0.6 is 31.9 Å². The van der Waals surface area contributed by atoms with Gasteiger partial charge >= 0.3 is 0 Å². The molecule has 0 radical (unpaired) electrons. The van der Waals surface area contributed by atoms with Crippen molar-refractivity contribution in [2.45, 2.75) is 27.0 Å². The quantitative estimate of drug-likeness (QED) is 0.374. The Labute approximate surface area is 183 Å². The van der Waals surface area contributed by atoms with Crippen molar-refractivity contribution >= 4 is 37.5 Å². The van der Waals surface area contributed by atoms with Crippen LogP contribution < -0.4 is 14.8 Å². The Morgan fingerprint density at radius 1 is 0.893 bits per heavy atom. The molecule has 0 spiro atoms. The Bertz CT molecular complexity index is 956. The van der Waals surface area contributed by atoms with Crippen LogP contribution in [0, 0.1) is 13.8 Å². The van der Waals surface area contributed by atoms with Crippen LogP contribution in [0.2, 0.25) is 0 Å². The second-order valence-electron chi connectivity index (χ2n) is 6.70. The first-order valence-electron chi connectivity index (χ1n) is 9.01. The van der Waals surface area contributed by atoms with E-state index in [1.54, 1.807) is 7.11 Å². The number of ether oxygens (including phenoxy) is 2. The number of hydrogen-bond acceptors (Lipinski definition) is 3. The molecule has 5 heteroatoms. The van der Waals surface area contributed by atoms with Gasteiger partial charge in [-0.3, -0.25) is 0 Å². The molecule has 0 bridgehead atoms. The van der Waals surface area contributed by atoms with Crippen molar-refractivity contribution < 1.29 is 9.47 Å². The van der Waals surface area contributed by atoms with Crippen molar-refractivity contribution in [2.24, 2.45) is 0 Å². The van der Waals surface area contributed by atoms with Gasteiger partial charge in [-0.2, -0.15) is 0 Å². The molecule has 0 heterocycles. The number of methoxy groups -OCH3 is 1. The molecule has 0 aromatic heterocycles. The average Bonchev–Trinajstić information content (AvgIpc) is 2.67. The Hall–Kier alpha value is -1.98.